The molecular formula is C24H27ClN2O2. The quantitative estimate of drug-likeness (QED) is 0.609. The molecule has 1 fully saturated rings. The van der Waals surface area contributed by atoms with Gasteiger partial charge >= 0.3 is 0 Å². The van der Waals surface area contributed by atoms with Crippen LogP contribution in [0.3, 0.4) is 0 Å². The van der Waals surface area contributed by atoms with Gasteiger partial charge < -0.3 is 15.5 Å². The average Bonchev–Trinajstić information content (AvgIpc) is 2.76. The van der Waals surface area contributed by atoms with Gasteiger partial charge in [0, 0.05) is 23.0 Å². The molecule has 1 atom stereocenters. The molecule has 2 aromatic carbocycles. The summed E-state index contributed by atoms with van der Waals surface area (Å²) in [5.41, 5.74) is 7.80. The van der Waals surface area contributed by atoms with Crippen LogP contribution in [0, 0.1) is 0 Å². The van der Waals surface area contributed by atoms with Crippen molar-refractivity contribution < 1.29 is 4.74 Å². The smallest absolute Gasteiger partial charge is 0.255 e. The van der Waals surface area contributed by atoms with E-state index >= 15 is 0 Å². The third kappa shape index (κ3) is 3.79. The topological polar surface area (TPSA) is 68.1 Å². The summed E-state index contributed by atoms with van der Waals surface area (Å²) in [5.74, 6) is 0.641. The zero-order chi connectivity index (χ0) is 20.4. The second-order valence-corrected chi connectivity index (χ2v) is 8.44. The molecule has 4 nitrogen and oxygen atoms in total. The van der Waals surface area contributed by atoms with Crippen LogP contribution < -0.4 is 16.0 Å². The number of nitrogens with one attached hydrogen (secondary N) is 1. The maximum absolute atomic E-state index is 12.0. The van der Waals surface area contributed by atoms with Crippen LogP contribution in [0.5, 0.6) is 5.75 Å². The number of hydrogen-bond donors (Lipinski definition) is 2. The van der Waals surface area contributed by atoms with Gasteiger partial charge in [0.05, 0.1) is 11.1 Å². The van der Waals surface area contributed by atoms with E-state index in [4.69, 9.17) is 22.1 Å². The Balaban J connectivity index is 1.54. The van der Waals surface area contributed by atoms with Gasteiger partial charge in [-0.05, 0) is 61.3 Å². The Morgan fingerprint density at radius 1 is 1.21 bits per heavy atom. The highest BCUT2D eigenvalue weighted by Gasteiger charge is 2.41. The van der Waals surface area contributed by atoms with Crippen molar-refractivity contribution in [3.05, 3.63) is 75.7 Å². The molecule has 0 amide bonds. The molecule has 4 rings (SSSR count). The van der Waals surface area contributed by atoms with E-state index in [0.29, 0.717) is 16.2 Å². The standard InChI is InChI=1S/C24H27ClN2O2/c1-2-22(26)24(17-6-4-3-5-7-17)11-8-18(9-12-24)29-21-14-16-10-13-27-23(28)19(16)15-20(21)25/h3-7,10,13-15,18,22H,2,8-9,11-12,26H2,1H3,(H,27,28)/t18?,22-,24?/m1/s1. The lowest BCUT2D eigenvalue weighted by Crippen LogP contribution is -2.48. The molecule has 0 saturated heterocycles. The molecule has 152 valence electrons. The molecule has 1 heterocycles. The van der Waals surface area contributed by atoms with E-state index in [9.17, 15) is 4.79 Å². The number of pyridine rings is 1. The van der Waals surface area contributed by atoms with Crippen LogP contribution in [0.2, 0.25) is 5.02 Å². The molecule has 0 unspecified atom stereocenters. The second-order valence-electron chi connectivity index (χ2n) is 8.03. The Labute approximate surface area is 176 Å². The van der Waals surface area contributed by atoms with Crippen LogP contribution in [0.4, 0.5) is 0 Å². The fourth-order valence-electron chi connectivity index (χ4n) is 4.72. The van der Waals surface area contributed by atoms with Crippen molar-refractivity contribution in [3.8, 4) is 5.75 Å². The Hall–Kier alpha value is -2.30. The first-order valence-corrected chi connectivity index (χ1v) is 10.7. The third-order valence-electron chi connectivity index (χ3n) is 6.44. The van der Waals surface area contributed by atoms with Crippen LogP contribution in [0.15, 0.2) is 59.5 Å². The number of nitrogens with two attached hydrogens (primary N) is 1. The van der Waals surface area contributed by atoms with Crippen molar-refractivity contribution in [1.82, 2.24) is 4.98 Å². The van der Waals surface area contributed by atoms with E-state index in [2.05, 4.69) is 42.2 Å². The van der Waals surface area contributed by atoms with Crippen LogP contribution in [0.1, 0.15) is 44.6 Å². The normalized spacial score (nSPS) is 23.1. The predicted octanol–water partition coefficient (Wildman–Crippen LogP) is 5.18. The molecule has 3 N–H and O–H groups in total. The third-order valence-corrected chi connectivity index (χ3v) is 6.74. The Bertz CT molecular complexity index is 1040. The Kier molecular flexibility index (Phi) is 5.66. The first-order chi connectivity index (χ1) is 14.0. The number of H-pyrrole nitrogens is 1. The molecule has 0 radical (unpaired) electrons. The zero-order valence-corrected chi connectivity index (χ0v) is 17.4. The van der Waals surface area contributed by atoms with Gasteiger partial charge in [0.1, 0.15) is 5.75 Å². The number of aromatic amines is 1. The molecule has 0 spiro atoms. The predicted molar refractivity (Wildman–Crippen MR) is 119 cm³/mol. The molecule has 1 aliphatic carbocycles. The van der Waals surface area contributed by atoms with Crippen molar-refractivity contribution in [1.29, 1.82) is 0 Å². The highest BCUT2D eigenvalue weighted by Crippen LogP contribution is 2.44. The lowest BCUT2D eigenvalue weighted by atomic mass is 9.64. The summed E-state index contributed by atoms with van der Waals surface area (Å²) < 4.78 is 6.29. The van der Waals surface area contributed by atoms with E-state index in [1.807, 2.05) is 12.1 Å². The van der Waals surface area contributed by atoms with Crippen molar-refractivity contribution in [2.45, 2.75) is 56.6 Å². The van der Waals surface area contributed by atoms with E-state index in [0.717, 1.165) is 37.5 Å². The van der Waals surface area contributed by atoms with Crippen molar-refractivity contribution in [2.24, 2.45) is 5.73 Å². The minimum absolute atomic E-state index is 0.00363. The maximum atomic E-state index is 12.0. The Morgan fingerprint density at radius 3 is 2.62 bits per heavy atom. The highest BCUT2D eigenvalue weighted by atomic mass is 35.5. The van der Waals surface area contributed by atoms with Crippen LogP contribution in [-0.4, -0.2) is 17.1 Å². The van der Waals surface area contributed by atoms with Crippen molar-refractivity contribution >= 4 is 22.4 Å². The molecule has 3 aromatic rings. The molecule has 1 saturated carbocycles. The van der Waals surface area contributed by atoms with Gasteiger partial charge in [-0.15, -0.1) is 0 Å². The number of rotatable bonds is 5. The molecule has 5 heteroatoms. The largest absolute Gasteiger partial charge is 0.489 e. The number of benzene rings is 2. The summed E-state index contributed by atoms with van der Waals surface area (Å²) in [6.45, 7) is 2.16. The molecule has 29 heavy (non-hydrogen) atoms. The lowest BCUT2D eigenvalue weighted by Gasteiger charge is -2.44. The summed E-state index contributed by atoms with van der Waals surface area (Å²) in [6, 6.07) is 16.2. The van der Waals surface area contributed by atoms with E-state index < -0.39 is 0 Å². The van der Waals surface area contributed by atoms with Gasteiger partial charge in [0.25, 0.3) is 5.56 Å². The fraction of sp³-hybridized carbons (Fsp3) is 0.375. The number of fused-ring (bicyclic) bond motifs is 1. The number of hydrogen-bond acceptors (Lipinski definition) is 3. The first-order valence-electron chi connectivity index (χ1n) is 10.3. The number of ether oxygens (including phenoxy) is 1. The summed E-state index contributed by atoms with van der Waals surface area (Å²) in [4.78, 5) is 14.6. The van der Waals surface area contributed by atoms with Gasteiger partial charge in [0.15, 0.2) is 0 Å². The maximum Gasteiger partial charge on any atom is 0.255 e. The second kappa shape index (κ2) is 8.21. The van der Waals surface area contributed by atoms with Crippen LogP contribution in [0.25, 0.3) is 10.8 Å². The monoisotopic (exact) mass is 410 g/mol. The van der Waals surface area contributed by atoms with Crippen LogP contribution in [-0.2, 0) is 5.41 Å². The molecule has 1 aliphatic rings. The lowest BCUT2D eigenvalue weighted by molar-refractivity contribution is 0.104. The fourth-order valence-corrected chi connectivity index (χ4v) is 4.93. The molecule has 1 aromatic heterocycles. The van der Waals surface area contributed by atoms with Crippen molar-refractivity contribution in [2.75, 3.05) is 0 Å². The number of aromatic nitrogens is 1. The van der Waals surface area contributed by atoms with Gasteiger partial charge in [-0.25, -0.2) is 0 Å². The summed E-state index contributed by atoms with van der Waals surface area (Å²) >= 11 is 6.42. The van der Waals surface area contributed by atoms with E-state index in [-0.39, 0.29) is 23.1 Å². The van der Waals surface area contributed by atoms with Gasteiger partial charge in [0.2, 0.25) is 0 Å². The minimum atomic E-state index is -0.144. The zero-order valence-electron chi connectivity index (χ0n) is 16.7. The minimum Gasteiger partial charge on any atom is -0.489 e. The summed E-state index contributed by atoms with van der Waals surface area (Å²) in [5, 5.41) is 1.88. The van der Waals surface area contributed by atoms with Crippen molar-refractivity contribution in [3.63, 3.8) is 0 Å². The van der Waals surface area contributed by atoms with Gasteiger partial charge in [-0.2, -0.15) is 0 Å². The van der Waals surface area contributed by atoms with Gasteiger partial charge in [-0.3, -0.25) is 4.79 Å². The summed E-state index contributed by atoms with van der Waals surface area (Å²) in [7, 11) is 0. The highest BCUT2D eigenvalue weighted by molar-refractivity contribution is 6.32. The van der Waals surface area contributed by atoms with Gasteiger partial charge in [-0.1, -0.05) is 48.9 Å². The van der Waals surface area contributed by atoms with E-state index in [1.54, 1.807) is 12.3 Å². The van der Waals surface area contributed by atoms with E-state index in [1.165, 1.54) is 5.56 Å². The molecule has 0 bridgehead atoms. The Morgan fingerprint density at radius 2 is 1.93 bits per heavy atom. The summed E-state index contributed by atoms with van der Waals surface area (Å²) in [6.07, 6.45) is 6.50. The average molecular weight is 411 g/mol. The SMILES string of the molecule is CC[C@@H](N)C1(c2ccccc2)CCC(Oc2cc3cc[nH]c(=O)c3cc2Cl)CC1. The molecule has 0 aliphatic heterocycles. The first kappa shape index (κ1) is 20.0. The van der Waals surface area contributed by atoms with Crippen LogP contribution >= 0.6 is 11.6 Å². The molecular weight excluding hydrogens is 384 g/mol. The number of halogens is 1.